The van der Waals surface area contributed by atoms with Gasteiger partial charge in [0.2, 0.25) is 5.91 Å². The Morgan fingerprint density at radius 1 is 1.24 bits per heavy atom. The number of fused-ring (bicyclic) bond motifs is 3. The third-order valence-corrected chi connectivity index (χ3v) is 7.50. The van der Waals surface area contributed by atoms with Crippen LogP contribution >= 0.6 is 12.0 Å². The van der Waals surface area contributed by atoms with E-state index >= 15 is 0 Å². The molecule has 2 aliphatic rings. The SMILES string of the molecule is Cc1cc2c3c(c(=O)oc2cc1N)CCC3C(CC(=O)NCCCC(=O)ON1C(=O)CCC1=O)SOOO. The van der Waals surface area contributed by atoms with Crippen molar-refractivity contribution in [3.63, 3.8) is 0 Å². The maximum atomic E-state index is 12.7. The highest BCUT2D eigenvalue weighted by Crippen LogP contribution is 2.44. The molecule has 1 aliphatic carbocycles. The Balaban J connectivity index is 1.39. The van der Waals surface area contributed by atoms with Crippen LogP contribution in [0.1, 0.15) is 61.1 Å². The summed E-state index contributed by atoms with van der Waals surface area (Å²) in [5, 5.41) is 15.9. The van der Waals surface area contributed by atoms with E-state index in [1.54, 1.807) is 6.07 Å². The second-order valence-electron chi connectivity index (χ2n) is 9.11. The van der Waals surface area contributed by atoms with Crippen molar-refractivity contribution in [1.82, 2.24) is 10.4 Å². The number of hydroxylamine groups is 2. The monoisotopic (exact) mass is 549 g/mol. The number of aryl methyl sites for hydroxylation is 1. The molecule has 4 N–H and O–H groups in total. The van der Waals surface area contributed by atoms with E-state index in [4.69, 9.17) is 24.6 Å². The lowest BCUT2D eigenvalue weighted by Crippen LogP contribution is -2.33. The zero-order valence-corrected chi connectivity index (χ0v) is 21.3. The Morgan fingerprint density at radius 2 is 1.97 bits per heavy atom. The van der Waals surface area contributed by atoms with Crippen LogP contribution in [-0.2, 0) is 39.8 Å². The molecular formula is C24H27N3O10S. The van der Waals surface area contributed by atoms with E-state index in [9.17, 15) is 24.0 Å². The molecule has 1 aromatic carbocycles. The second kappa shape index (κ2) is 11.9. The number of nitrogens with two attached hydrogens (primary N) is 1. The van der Waals surface area contributed by atoms with Crippen LogP contribution in [0.15, 0.2) is 21.3 Å². The fourth-order valence-corrected chi connectivity index (χ4v) is 5.50. The number of carbonyl (C=O) groups excluding carboxylic acids is 4. The maximum absolute atomic E-state index is 12.7. The van der Waals surface area contributed by atoms with E-state index in [1.807, 2.05) is 13.0 Å². The van der Waals surface area contributed by atoms with Gasteiger partial charge in [0.05, 0.1) is 5.25 Å². The maximum Gasteiger partial charge on any atom is 0.339 e. The topological polar surface area (TPSA) is 188 Å². The highest BCUT2D eigenvalue weighted by Gasteiger charge is 2.37. The molecule has 2 atom stereocenters. The highest BCUT2D eigenvalue weighted by atomic mass is 32.2. The van der Waals surface area contributed by atoms with Crippen molar-refractivity contribution >= 4 is 52.4 Å². The smallest absolute Gasteiger partial charge is 0.339 e. The first-order valence-electron chi connectivity index (χ1n) is 12.0. The average molecular weight is 550 g/mol. The number of nitrogens with zero attached hydrogens (tertiary/aromatic N) is 1. The Morgan fingerprint density at radius 3 is 2.68 bits per heavy atom. The van der Waals surface area contributed by atoms with Gasteiger partial charge in [-0.25, -0.2) is 14.8 Å². The molecule has 2 unspecified atom stereocenters. The summed E-state index contributed by atoms with van der Waals surface area (Å²) in [6, 6.07) is 3.45. The second-order valence-corrected chi connectivity index (χ2v) is 10.0. The number of benzene rings is 1. The lowest BCUT2D eigenvalue weighted by atomic mass is 9.92. The molecule has 4 rings (SSSR count). The van der Waals surface area contributed by atoms with Gasteiger partial charge < -0.3 is 20.3 Å². The fraction of sp³-hybridized carbons (Fsp3) is 0.458. The molecule has 0 spiro atoms. The van der Waals surface area contributed by atoms with Crippen LogP contribution in [0.25, 0.3) is 11.0 Å². The standard InChI is InChI=1S/C24H27N3O10S/c1-12-9-15-17(10-16(12)25)34-24(32)14-5-4-13(23(14)15)18(38-37-36-33)11-19(28)26-8-2-3-22(31)35-27-20(29)6-7-21(27)30/h9-10,13,18,33H,2-8,11,25H2,1H3,(H,26,28). The molecular weight excluding hydrogens is 522 g/mol. The van der Waals surface area contributed by atoms with Gasteiger partial charge in [-0.15, -0.1) is 9.40 Å². The van der Waals surface area contributed by atoms with E-state index < -0.39 is 28.7 Å². The summed E-state index contributed by atoms with van der Waals surface area (Å²) in [7, 11) is 0. The van der Waals surface area contributed by atoms with Crippen molar-refractivity contribution < 1.29 is 43.1 Å². The predicted octanol–water partition coefficient (Wildman–Crippen LogP) is 2.05. The Bertz CT molecular complexity index is 1310. The molecule has 2 aromatic rings. The van der Waals surface area contributed by atoms with Gasteiger partial charge in [0, 0.05) is 72.9 Å². The molecule has 14 heteroatoms. The minimum atomic E-state index is -0.756. The van der Waals surface area contributed by atoms with Gasteiger partial charge in [-0.3, -0.25) is 14.4 Å². The highest BCUT2D eigenvalue weighted by molar-refractivity contribution is 7.95. The van der Waals surface area contributed by atoms with E-state index in [1.165, 1.54) is 0 Å². The minimum absolute atomic E-state index is 0.00616. The number of carbonyl (C=O) groups is 4. The molecule has 1 aromatic heterocycles. The van der Waals surface area contributed by atoms with Crippen LogP contribution in [0.5, 0.6) is 0 Å². The van der Waals surface area contributed by atoms with Gasteiger partial charge in [-0.2, -0.15) is 0 Å². The first-order chi connectivity index (χ1) is 18.2. The number of amides is 3. The molecule has 2 heterocycles. The largest absolute Gasteiger partial charge is 0.422 e. The van der Waals surface area contributed by atoms with Crippen LogP contribution in [0.3, 0.4) is 0 Å². The summed E-state index contributed by atoms with van der Waals surface area (Å²) >= 11 is 0.761. The number of imide groups is 1. The number of hydrogen-bond acceptors (Lipinski definition) is 12. The summed E-state index contributed by atoms with van der Waals surface area (Å²) in [6.45, 7) is 1.98. The number of nitrogens with one attached hydrogen (secondary N) is 1. The lowest BCUT2D eigenvalue weighted by molar-refractivity contribution is -0.432. The van der Waals surface area contributed by atoms with Crippen LogP contribution in [0.2, 0.25) is 0 Å². The lowest BCUT2D eigenvalue weighted by Gasteiger charge is -2.23. The Kier molecular flexibility index (Phi) is 8.66. The molecule has 204 valence electrons. The van der Waals surface area contributed by atoms with Gasteiger partial charge in [0.1, 0.15) is 5.58 Å². The molecule has 1 aliphatic heterocycles. The van der Waals surface area contributed by atoms with Crippen molar-refractivity contribution in [2.45, 2.75) is 63.0 Å². The minimum Gasteiger partial charge on any atom is -0.422 e. The van der Waals surface area contributed by atoms with E-state index in [-0.39, 0.29) is 50.5 Å². The quantitative estimate of drug-likeness (QED) is 0.0705. The Hall–Kier alpha value is -3.46. The molecule has 38 heavy (non-hydrogen) atoms. The zero-order chi connectivity index (χ0) is 27.4. The van der Waals surface area contributed by atoms with Gasteiger partial charge >= 0.3 is 11.6 Å². The summed E-state index contributed by atoms with van der Waals surface area (Å²) in [5.74, 6) is -2.53. The van der Waals surface area contributed by atoms with Crippen molar-refractivity contribution in [1.29, 1.82) is 0 Å². The molecule has 13 nitrogen and oxygen atoms in total. The number of rotatable bonds is 11. The number of anilines is 1. The third kappa shape index (κ3) is 5.99. The molecule has 0 radical (unpaired) electrons. The summed E-state index contributed by atoms with van der Waals surface area (Å²) in [4.78, 5) is 65.1. The van der Waals surface area contributed by atoms with Crippen LogP contribution in [-0.4, -0.2) is 45.8 Å². The molecule has 0 saturated carbocycles. The van der Waals surface area contributed by atoms with Gasteiger partial charge in [0.25, 0.3) is 11.8 Å². The molecule has 0 bridgehead atoms. The van der Waals surface area contributed by atoms with E-state index in [2.05, 4.69) is 10.4 Å². The average Bonchev–Trinajstić information content (AvgIpc) is 3.46. The first kappa shape index (κ1) is 27.6. The third-order valence-electron chi connectivity index (χ3n) is 6.62. The molecule has 1 saturated heterocycles. The number of nitrogen functional groups attached to an aromatic ring is 1. The Labute approximate surface area is 220 Å². The van der Waals surface area contributed by atoms with Gasteiger partial charge in [0.15, 0.2) is 0 Å². The van der Waals surface area contributed by atoms with E-state index in [0.717, 1.165) is 28.6 Å². The summed E-state index contributed by atoms with van der Waals surface area (Å²) < 4.78 is 10.2. The van der Waals surface area contributed by atoms with Crippen molar-refractivity contribution in [2.75, 3.05) is 12.3 Å². The molecule has 3 amide bonds. The predicted molar refractivity (Wildman–Crippen MR) is 133 cm³/mol. The van der Waals surface area contributed by atoms with Gasteiger partial charge in [-0.1, -0.05) is 5.04 Å². The first-order valence-corrected chi connectivity index (χ1v) is 12.8. The number of hydrogen-bond donors (Lipinski definition) is 3. The normalized spacial score (nSPS) is 17.6. The summed E-state index contributed by atoms with van der Waals surface area (Å²) in [6.07, 6.45) is 1.06. The zero-order valence-electron chi connectivity index (χ0n) is 20.5. The van der Waals surface area contributed by atoms with Crippen molar-refractivity contribution in [3.05, 3.63) is 39.2 Å². The summed E-state index contributed by atoms with van der Waals surface area (Å²) in [5.41, 5.74) is 8.45. The molecule has 1 fully saturated rings. The van der Waals surface area contributed by atoms with E-state index in [0.29, 0.717) is 34.7 Å². The van der Waals surface area contributed by atoms with Gasteiger partial charge in [-0.05, 0) is 43.4 Å². The van der Waals surface area contributed by atoms with Crippen molar-refractivity contribution in [2.24, 2.45) is 0 Å². The fourth-order valence-electron chi connectivity index (χ4n) is 4.74. The van der Waals surface area contributed by atoms with Crippen LogP contribution < -0.4 is 16.7 Å². The van der Waals surface area contributed by atoms with Crippen LogP contribution in [0.4, 0.5) is 5.69 Å². The van der Waals surface area contributed by atoms with Crippen molar-refractivity contribution in [3.8, 4) is 0 Å². The van der Waals surface area contributed by atoms with Crippen LogP contribution in [0, 0.1) is 6.92 Å².